The molecule has 98 valence electrons. The van der Waals surface area contributed by atoms with Gasteiger partial charge >= 0.3 is 5.97 Å². The molecule has 0 aliphatic carbocycles. The highest BCUT2D eigenvalue weighted by Gasteiger charge is 2.18. The summed E-state index contributed by atoms with van der Waals surface area (Å²) in [4.78, 5) is 32.7. The summed E-state index contributed by atoms with van der Waals surface area (Å²) in [5.74, 6) is -1.24. The average molecular weight is 262 g/mol. The summed E-state index contributed by atoms with van der Waals surface area (Å²) >= 11 is 1.18. The standard InChI is InChI=1S/C10H18N2O4S/c1-3-4-11-9(14)6-17-5-8(10(15)16)12-7(2)13/h8H,3-6H2,1-2H3,(H,11,14)(H,12,13)(H,15,16)/t8-/m0/s1. The number of aliphatic carboxylic acids is 1. The summed E-state index contributed by atoms with van der Waals surface area (Å²) in [5, 5.41) is 13.8. The van der Waals surface area contributed by atoms with Gasteiger partial charge in [0.05, 0.1) is 5.75 Å². The SMILES string of the molecule is CCCNC(=O)CSC[C@H](NC(C)=O)C(=O)O. The lowest BCUT2D eigenvalue weighted by Crippen LogP contribution is -2.41. The number of hydrogen-bond acceptors (Lipinski definition) is 4. The van der Waals surface area contributed by atoms with E-state index in [9.17, 15) is 14.4 Å². The van der Waals surface area contributed by atoms with Gasteiger partial charge in [-0.15, -0.1) is 11.8 Å². The summed E-state index contributed by atoms with van der Waals surface area (Å²) < 4.78 is 0. The molecule has 0 radical (unpaired) electrons. The highest BCUT2D eigenvalue weighted by atomic mass is 32.2. The van der Waals surface area contributed by atoms with Crippen LogP contribution in [0.2, 0.25) is 0 Å². The maximum Gasteiger partial charge on any atom is 0.327 e. The Labute approximate surface area is 105 Å². The molecule has 0 aromatic rings. The van der Waals surface area contributed by atoms with Gasteiger partial charge in [-0.05, 0) is 6.42 Å². The van der Waals surface area contributed by atoms with Crippen LogP contribution >= 0.6 is 11.8 Å². The lowest BCUT2D eigenvalue weighted by atomic mass is 10.3. The van der Waals surface area contributed by atoms with Gasteiger partial charge in [-0.2, -0.15) is 0 Å². The Morgan fingerprint density at radius 2 is 2.00 bits per heavy atom. The molecule has 0 aliphatic heterocycles. The Morgan fingerprint density at radius 1 is 1.35 bits per heavy atom. The highest BCUT2D eigenvalue weighted by molar-refractivity contribution is 8.00. The summed E-state index contributed by atoms with van der Waals surface area (Å²) in [5.41, 5.74) is 0. The van der Waals surface area contributed by atoms with Gasteiger partial charge in [-0.25, -0.2) is 4.79 Å². The molecule has 2 amide bonds. The van der Waals surface area contributed by atoms with Crippen molar-refractivity contribution in [1.82, 2.24) is 10.6 Å². The molecule has 0 heterocycles. The summed E-state index contributed by atoms with van der Waals surface area (Å²) in [6, 6.07) is -0.948. The van der Waals surface area contributed by atoms with E-state index in [4.69, 9.17) is 5.11 Å². The molecule has 1 atom stereocenters. The zero-order valence-corrected chi connectivity index (χ0v) is 10.8. The van der Waals surface area contributed by atoms with Gasteiger partial charge in [-0.1, -0.05) is 6.92 Å². The van der Waals surface area contributed by atoms with E-state index in [0.29, 0.717) is 6.54 Å². The van der Waals surface area contributed by atoms with Crippen molar-refractivity contribution in [3.63, 3.8) is 0 Å². The van der Waals surface area contributed by atoms with E-state index in [0.717, 1.165) is 6.42 Å². The van der Waals surface area contributed by atoms with Gasteiger partial charge < -0.3 is 15.7 Å². The van der Waals surface area contributed by atoms with Gasteiger partial charge in [0.25, 0.3) is 0 Å². The highest BCUT2D eigenvalue weighted by Crippen LogP contribution is 2.03. The number of carboxylic acids is 1. The van der Waals surface area contributed by atoms with Crippen LogP contribution in [0.25, 0.3) is 0 Å². The normalized spacial score (nSPS) is 11.6. The smallest absolute Gasteiger partial charge is 0.327 e. The van der Waals surface area contributed by atoms with Crippen LogP contribution in [0.3, 0.4) is 0 Å². The maximum absolute atomic E-state index is 11.2. The van der Waals surface area contributed by atoms with E-state index in [1.807, 2.05) is 6.92 Å². The molecule has 17 heavy (non-hydrogen) atoms. The molecule has 0 unspecified atom stereocenters. The minimum atomic E-state index is -1.10. The summed E-state index contributed by atoms with van der Waals surface area (Å²) in [7, 11) is 0. The third kappa shape index (κ3) is 8.56. The molecule has 7 heteroatoms. The summed E-state index contributed by atoms with van der Waals surface area (Å²) in [6.07, 6.45) is 0.861. The number of carbonyl (C=O) groups excluding carboxylic acids is 2. The molecule has 0 saturated carbocycles. The second kappa shape index (κ2) is 8.86. The molecule has 0 saturated heterocycles. The number of thioether (sulfide) groups is 1. The predicted molar refractivity (Wildman–Crippen MR) is 65.9 cm³/mol. The molecular formula is C10H18N2O4S. The molecule has 0 fully saturated rings. The van der Waals surface area contributed by atoms with Crippen LogP contribution in [0.1, 0.15) is 20.3 Å². The zero-order chi connectivity index (χ0) is 13.3. The lowest BCUT2D eigenvalue weighted by Gasteiger charge is -2.12. The molecule has 0 spiro atoms. The van der Waals surface area contributed by atoms with Crippen molar-refractivity contribution in [2.75, 3.05) is 18.1 Å². The molecule has 3 N–H and O–H groups in total. The van der Waals surface area contributed by atoms with Crippen LogP contribution in [0, 0.1) is 0 Å². The topological polar surface area (TPSA) is 95.5 Å². The number of rotatable bonds is 8. The number of nitrogens with one attached hydrogen (secondary N) is 2. The Kier molecular flexibility index (Phi) is 8.21. The largest absolute Gasteiger partial charge is 0.480 e. The van der Waals surface area contributed by atoms with Crippen LogP contribution in [0.15, 0.2) is 0 Å². The fourth-order valence-corrected chi connectivity index (χ4v) is 1.87. The minimum Gasteiger partial charge on any atom is -0.480 e. The van der Waals surface area contributed by atoms with Crippen molar-refractivity contribution in [1.29, 1.82) is 0 Å². The second-order valence-corrected chi connectivity index (χ2v) is 4.49. The van der Waals surface area contributed by atoms with Crippen molar-refractivity contribution < 1.29 is 19.5 Å². The van der Waals surface area contributed by atoms with Crippen molar-refractivity contribution in [2.45, 2.75) is 26.3 Å². The summed E-state index contributed by atoms with van der Waals surface area (Å²) in [6.45, 7) is 3.83. The van der Waals surface area contributed by atoms with E-state index in [-0.39, 0.29) is 17.4 Å². The van der Waals surface area contributed by atoms with Crippen LogP contribution in [0.4, 0.5) is 0 Å². The monoisotopic (exact) mass is 262 g/mol. The lowest BCUT2D eigenvalue weighted by molar-refractivity contribution is -0.140. The quantitative estimate of drug-likeness (QED) is 0.564. The van der Waals surface area contributed by atoms with Crippen LogP contribution in [-0.2, 0) is 14.4 Å². The maximum atomic E-state index is 11.2. The van der Waals surface area contributed by atoms with Gasteiger partial charge in [0.15, 0.2) is 0 Å². The number of amides is 2. The van der Waals surface area contributed by atoms with E-state index < -0.39 is 17.9 Å². The molecule has 6 nitrogen and oxygen atoms in total. The fraction of sp³-hybridized carbons (Fsp3) is 0.700. The number of carboxylic acid groups (broad SMARTS) is 1. The predicted octanol–water partition coefficient (Wildman–Crippen LogP) is -0.165. The average Bonchev–Trinajstić information content (AvgIpc) is 2.24. The van der Waals surface area contributed by atoms with Crippen molar-refractivity contribution >= 4 is 29.5 Å². The molecule has 0 aromatic heterocycles. The third-order valence-corrected chi connectivity index (χ3v) is 2.80. The molecule has 0 bridgehead atoms. The van der Waals surface area contributed by atoms with Crippen LogP contribution in [0.5, 0.6) is 0 Å². The van der Waals surface area contributed by atoms with Crippen molar-refractivity contribution in [2.24, 2.45) is 0 Å². The van der Waals surface area contributed by atoms with Gasteiger partial charge in [0.2, 0.25) is 11.8 Å². The van der Waals surface area contributed by atoms with Crippen molar-refractivity contribution in [3.05, 3.63) is 0 Å². The van der Waals surface area contributed by atoms with E-state index in [1.54, 1.807) is 0 Å². The molecule has 0 aromatic carbocycles. The first kappa shape index (κ1) is 15.8. The Hall–Kier alpha value is -1.24. The number of carbonyl (C=O) groups is 3. The zero-order valence-electron chi connectivity index (χ0n) is 9.99. The molecule has 0 rings (SSSR count). The first-order valence-corrected chi connectivity index (χ1v) is 6.47. The van der Waals surface area contributed by atoms with E-state index >= 15 is 0 Å². The first-order chi connectivity index (χ1) is 7.97. The van der Waals surface area contributed by atoms with Gasteiger partial charge in [0.1, 0.15) is 6.04 Å². The Balaban J connectivity index is 3.85. The fourth-order valence-electron chi connectivity index (χ4n) is 1.00. The minimum absolute atomic E-state index is 0.121. The van der Waals surface area contributed by atoms with Crippen LogP contribution < -0.4 is 10.6 Å². The Bertz CT molecular complexity index is 283. The van der Waals surface area contributed by atoms with Crippen molar-refractivity contribution in [3.8, 4) is 0 Å². The second-order valence-electron chi connectivity index (χ2n) is 3.46. The van der Waals surface area contributed by atoms with Gasteiger partial charge in [-0.3, -0.25) is 9.59 Å². The third-order valence-electron chi connectivity index (χ3n) is 1.77. The Morgan fingerprint density at radius 3 is 2.47 bits per heavy atom. The van der Waals surface area contributed by atoms with Crippen LogP contribution in [-0.4, -0.2) is 47.0 Å². The first-order valence-electron chi connectivity index (χ1n) is 5.31. The molecule has 0 aliphatic rings. The van der Waals surface area contributed by atoms with Gasteiger partial charge in [0, 0.05) is 19.2 Å². The number of hydrogen-bond donors (Lipinski definition) is 3. The molecular weight excluding hydrogens is 244 g/mol. The van der Waals surface area contributed by atoms with E-state index in [1.165, 1.54) is 18.7 Å². The van der Waals surface area contributed by atoms with E-state index in [2.05, 4.69) is 10.6 Å².